The number of nitrogens with zero attached hydrogens (tertiary/aromatic N) is 3. The number of pyridine rings is 1. The van der Waals surface area contributed by atoms with Gasteiger partial charge in [-0.3, -0.25) is 0 Å². The lowest BCUT2D eigenvalue weighted by atomic mass is 9.91. The number of nitriles is 1. The molecule has 0 aliphatic rings. The van der Waals surface area contributed by atoms with Gasteiger partial charge in [-0.05, 0) is 35.2 Å². The highest BCUT2D eigenvalue weighted by Gasteiger charge is 2.34. The number of halogens is 3. The summed E-state index contributed by atoms with van der Waals surface area (Å²) in [5, 5.41) is 8.92. The fourth-order valence-electron chi connectivity index (χ4n) is 2.88. The highest BCUT2D eigenvalue weighted by atomic mass is 19.3. The van der Waals surface area contributed by atoms with Crippen LogP contribution in [0.3, 0.4) is 0 Å². The maximum Gasteiger partial charge on any atom is 0.272 e. The van der Waals surface area contributed by atoms with Crippen molar-refractivity contribution < 1.29 is 13.2 Å². The van der Waals surface area contributed by atoms with Gasteiger partial charge < -0.3 is 4.90 Å². The summed E-state index contributed by atoms with van der Waals surface area (Å²) in [5.41, 5.74) is 0.925. The van der Waals surface area contributed by atoms with E-state index < -0.39 is 11.7 Å². The summed E-state index contributed by atoms with van der Waals surface area (Å²) in [6.07, 6.45) is 1.47. The van der Waals surface area contributed by atoms with Crippen LogP contribution in [0.5, 0.6) is 0 Å². The van der Waals surface area contributed by atoms with Crippen molar-refractivity contribution in [3.63, 3.8) is 0 Å². The van der Waals surface area contributed by atoms with Gasteiger partial charge in [-0.2, -0.15) is 5.26 Å². The summed E-state index contributed by atoms with van der Waals surface area (Å²) >= 11 is 0. The lowest BCUT2D eigenvalue weighted by Gasteiger charge is -2.28. The van der Waals surface area contributed by atoms with E-state index in [1.54, 1.807) is 33.0 Å². The van der Waals surface area contributed by atoms with Crippen LogP contribution in [0, 0.1) is 17.1 Å². The van der Waals surface area contributed by atoms with Crippen molar-refractivity contribution in [1.82, 2.24) is 4.98 Å². The van der Waals surface area contributed by atoms with E-state index in [-0.39, 0.29) is 29.4 Å². The van der Waals surface area contributed by atoms with Crippen molar-refractivity contribution in [3.05, 3.63) is 58.7 Å². The number of rotatable bonds is 5. The van der Waals surface area contributed by atoms with Gasteiger partial charge in [-0.25, -0.2) is 18.2 Å². The molecule has 0 aliphatic heterocycles. The molecule has 0 fully saturated rings. The van der Waals surface area contributed by atoms with Crippen LogP contribution in [0.2, 0.25) is 0 Å². The minimum Gasteiger partial charge on any atom is -0.367 e. The maximum atomic E-state index is 14.5. The molecule has 0 unspecified atom stereocenters. The second-order valence-corrected chi connectivity index (χ2v) is 6.42. The third kappa shape index (κ3) is 4.11. The fraction of sp³-hybridized carbons (Fsp3) is 0.368. The Morgan fingerprint density at radius 1 is 1.28 bits per heavy atom. The van der Waals surface area contributed by atoms with Crippen LogP contribution in [0.15, 0.2) is 30.5 Å². The fourth-order valence-corrected chi connectivity index (χ4v) is 2.88. The van der Waals surface area contributed by atoms with E-state index in [1.807, 2.05) is 6.07 Å². The first-order valence-electron chi connectivity index (χ1n) is 7.92. The molecule has 1 heterocycles. The smallest absolute Gasteiger partial charge is 0.272 e. The summed E-state index contributed by atoms with van der Waals surface area (Å²) < 4.78 is 43.1. The Hall–Kier alpha value is -2.55. The summed E-state index contributed by atoms with van der Waals surface area (Å²) in [6.45, 7) is 4.56. The van der Waals surface area contributed by atoms with Crippen molar-refractivity contribution in [2.75, 3.05) is 11.9 Å². The molecule has 0 spiro atoms. The predicted octanol–water partition coefficient (Wildman–Crippen LogP) is 4.96. The summed E-state index contributed by atoms with van der Waals surface area (Å²) in [7, 11) is 1.56. The number of aromatic nitrogens is 1. The molecule has 0 amide bonds. The second kappa shape index (κ2) is 7.14. The van der Waals surface area contributed by atoms with E-state index in [0.717, 1.165) is 6.92 Å². The van der Waals surface area contributed by atoms with Gasteiger partial charge in [0.2, 0.25) is 0 Å². The normalized spacial score (nSPS) is 11.5. The first kappa shape index (κ1) is 18.8. The molecule has 25 heavy (non-hydrogen) atoms. The Morgan fingerprint density at radius 3 is 2.52 bits per heavy atom. The van der Waals surface area contributed by atoms with Gasteiger partial charge in [0.15, 0.2) is 0 Å². The van der Waals surface area contributed by atoms with Crippen LogP contribution in [0.4, 0.5) is 18.9 Å². The molecule has 3 nitrogen and oxygen atoms in total. The minimum absolute atomic E-state index is 0.117. The third-order valence-corrected chi connectivity index (χ3v) is 3.96. The molecule has 0 saturated heterocycles. The molecule has 2 aromatic rings. The zero-order chi connectivity index (χ0) is 18.8. The number of alkyl halides is 2. The molecular formula is C19H20F3N3. The van der Waals surface area contributed by atoms with E-state index in [2.05, 4.69) is 4.98 Å². The monoisotopic (exact) mass is 347 g/mol. The molecule has 0 N–H and O–H groups in total. The van der Waals surface area contributed by atoms with Gasteiger partial charge in [-0.1, -0.05) is 19.9 Å². The van der Waals surface area contributed by atoms with Crippen LogP contribution in [0.25, 0.3) is 0 Å². The average molecular weight is 347 g/mol. The Balaban J connectivity index is 2.53. The zero-order valence-electron chi connectivity index (χ0n) is 14.6. The first-order chi connectivity index (χ1) is 11.6. The van der Waals surface area contributed by atoms with Gasteiger partial charge in [0.05, 0.1) is 11.3 Å². The molecule has 0 atom stereocenters. The van der Waals surface area contributed by atoms with Crippen molar-refractivity contribution in [3.8, 4) is 6.07 Å². The van der Waals surface area contributed by atoms with Crippen molar-refractivity contribution >= 4 is 5.69 Å². The highest BCUT2D eigenvalue weighted by molar-refractivity contribution is 5.60. The molecular weight excluding hydrogens is 327 g/mol. The van der Waals surface area contributed by atoms with Crippen LogP contribution in [-0.2, 0) is 12.5 Å². The van der Waals surface area contributed by atoms with E-state index >= 15 is 0 Å². The Morgan fingerprint density at radius 2 is 1.96 bits per heavy atom. The number of anilines is 1. The van der Waals surface area contributed by atoms with E-state index in [9.17, 15) is 13.2 Å². The van der Waals surface area contributed by atoms with Crippen molar-refractivity contribution in [1.29, 1.82) is 5.26 Å². The Bertz CT molecular complexity index is 805. The van der Waals surface area contributed by atoms with Gasteiger partial charge in [0.1, 0.15) is 17.6 Å². The first-order valence-corrected chi connectivity index (χ1v) is 7.92. The summed E-state index contributed by atoms with van der Waals surface area (Å²) in [5.74, 6) is -4.04. The second-order valence-electron chi connectivity index (χ2n) is 6.42. The highest BCUT2D eigenvalue weighted by Crippen LogP contribution is 2.41. The van der Waals surface area contributed by atoms with E-state index in [0.29, 0.717) is 11.1 Å². The third-order valence-electron chi connectivity index (χ3n) is 3.96. The Labute approximate surface area is 145 Å². The molecule has 1 aromatic heterocycles. The van der Waals surface area contributed by atoms with Crippen LogP contribution in [0.1, 0.15) is 49.1 Å². The van der Waals surface area contributed by atoms with Gasteiger partial charge >= 0.3 is 0 Å². The molecule has 0 aliphatic carbocycles. The average Bonchev–Trinajstić information content (AvgIpc) is 2.53. The van der Waals surface area contributed by atoms with Gasteiger partial charge in [0, 0.05) is 26.7 Å². The summed E-state index contributed by atoms with van der Waals surface area (Å²) in [4.78, 5) is 5.32. The van der Waals surface area contributed by atoms with Crippen LogP contribution >= 0.6 is 0 Å². The molecule has 132 valence electrons. The van der Waals surface area contributed by atoms with Gasteiger partial charge in [-0.15, -0.1) is 0 Å². The van der Waals surface area contributed by atoms with Gasteiger partial charge in [0.25, 0.3) is 5.92 Å². The number of benzene rings is 1. The molecule has 6 heteroatoms. The maximum absolute atomic E-state index is 14.5. The largest absolute Gasteiger partial charge is 0.367 e. The SMILES string of the molecule is CC(C)c1ccc(F)c(N(C)Cc2ccnc(C#N)c2)c1C(C)(F)F. The molecule has 1 aromatic carbocycles. The molecule has 0 saturated carbocycles. The van der Waals surface area contributed by atoms with Crippen LogP contribution in [-0.4, -0.2) is 12.0 Å². The molecule has 2 rings (SSSR count). The van der Waals surface area contributed by atoms with Crippen molar-refractivity contribution in [2.24, 2.45) is 0 Å². The summed E-state index contributed by atoms with van der Waals surface area (Å²) in [6, 6.07) is 7.81. The standard InChI is InChI=1S/C19H20F3N3/c1-12(2)15-5-6-16(20)18(17(15)19(3,21)22)25(4)11-13-7-8-24-14(9-13)10-23/h5-9,12H,11H2,1-4H3. The topological polar surface area (TPSA) is 39.9 Å². The minimum atomic E-state index is -3.18. The van der Waals surface area contributed by atoms with E-state index in [4.69, 9.17) is 5.26 Å². The molecule has 0 bridgehead atoms. The van der Waals surface area contributed by atoms with Crippen molar-refractivity contribution in [2.45, 2.75) is 39.2 Å². The number of hydrogen-bond acceptors (Lipinski definition) is 3. The Kier molecular flexibility index (Phi) is 5.36. The lowest BCUT2D eigenvalue weighted by molar-refractivity contribution is 0.0165. The number of hydrogen-bond donors (Lipinski definition) is 0. The quantitative estimate of drug-likeness (QED) is 0.767. The predicted molar refractivity (Wildman–Crippen MR) is 91.1 cm³/mol. The molecule has 0 radical (unpaired) electrons. The lowest BCUT2D eigenvalue weighted by Crippen LogP contribution is -2.24. The van der Waals surface area contributed by atoms with Crippen LogP contribution < -0.4 is 4.90 Å². The van der Waals surface area contributed by atoms with E-state index in [1.165, 1.54) is 23.2 Å². The zero-order valence-corrected chi connectivity index (χ0v) is 14.6.